The van der Waals surface area contributed by atoms with E-state index in [1.165, 1.54) is 16.5 Å². The van der Waals surface area contributed by atoms with E-state index in [0.717, 1.165) is 25.0 Å². The highest BCUT2D eigenvalue weighted by Gasteiger charge is 2.08. The first-order chi connectivity index (χ1) is 9.38. The van der Waals surface area contributed by atoms with E-state index in [9.17, 15) is 0 Å². The Bertz CT molecular complexity index is 655. The fraction of sp³-hybridized carbons (Fsp3) is 0.267. The number of pyridine rings is 1. The molecule has 0 aliphatic heterocycles. The lowest BCUT2D eigenvalue weighted by Gasteiger charge is -2.02. The van der Waals surface area contributed by atoms with Crippen molar-refractivity contribution in [2.45, 2.75) is 19.4 Å². The van der Waals surface area contributed by atoms with Crippen LogP contribution in [0.25, 0.3) is 11.0 Å². The van der Waals surface area contributed by atoms with Crippen LogP contribution in [-0.2, 0) is 19.4 Å². The van der Waals surface area contributed by atoms with Gasteiger partial charge in [0.15, 0.2) is 0 Å². The van der Waals surface area contributed by atoms with Crippen molar-refractivity contribution in [3.63, 3.8) is 0 Å². The molecule has 0 atom stereocenters. The smallest absolute Gasteiger partial charge is 0.140 e. The quantitative estimate of drug-likeness (QED) is 0.775. The minimum absolute atomic E-state index is 0.679. The standard InChI is InChI=1S/C15H17N3S/c16-6-3-13-10-18(8-4-12-5-9-19-11-12)15-14(13)2-1-7-17-15/h1-2,5,7,9-11H,3-4,6,8,16H2. The number of fused-ring (bicyclic) bond motifs is 1. The summed E-state index contributed by atoms with van der Waals surface area (Å²) in [6.45, 7) is 1.65. The fourth-order valence-corrected chi connectivity index (χ4v) is 3.11. The van der Waals surface area contributed by atoms with E-state index >= 15 is 0 Å². The summed E-state index contributed by atoms with van der Waals surface area (Å²) in [4.78, 5) is 4.51. The molecule has 0 saturated heterocycles. The molecule has 0 radical (unpaired) electrons. The summed E-state index contributed by atoms with van der Waals surface area (Å²) >= 11 is 1.75. The molecule has 0 unspecified atom stereocenters. The molecule has 98 valence electrons. The molecule has 0 spiro atoms. The number of nitrogens with zero attached hydrogens (tertiary/aromatic N) is 2. The van der Waals surface area contributed by atoms with E-state index in [1.54, 1.807) is 11.3 Å². The molecule has 0 aliphatic rings. The van der Waals surface area contributed by atoms with Crippen LogP contribution in [0.2, 0.25) is 0 Å². The maximum absolute atomic E-state index is 5.68. The molecule has 0 saturated carbocycles. The summed E-state index contributed by atoms with van der Waals surface area (Å²) in [5, 5.41) is 5.57. The van der Waals surface area contributed by atoms with Gasteiger partial charge in [0, 0.05) is 24.3 Å². The van der Waals surface area contributed by atoms with E-state index in [0.29, 0.717) is 6.54 Å². The molecule has 3 aromatic rings. The van der Waals surface area contributed by atoms with Gasteiger partial charge in [-0.15, -0.1) is 0 Å². The van der Waals surface area contributed by atoms with Crippen molar-refractivity contribution in [1.82, 2.24) is 9.55 Å². The first kappa shape index (κ1) is 12.4. The molecule has 4 heteroatoms. The molecule has 2 N–H and O–H groups in total. The van der Waals surface area contributed by atoms with Gasteiger partial charge in [-0.2, -0.15) is 11.3 Å². The highest BCUT2D eigenvalue weighted by molar-refractivity contribution is 7.07. The van der Waals surface area contributed by atoms with E-state index in [2.05, 4.69) is 38.6 Å². The van der Waals surface area contributed by atoms with Gasteiger partial charge in [0.25, 0.3) is 0 Å². The second-order valence-electron chi connectivity index (χ2n) is 4.64. The number of aryl methyl sites for hydroxylation is 2. The Balaban J connectivity index is 1.90. The number of aromatic nitrogens is 2. The molecule has 0 aliphatic carbocycles. The molecule has 0 fully saturated rings. The van der Waals surface area contributed by atoms with Crippen molar-refractivity contribution < 1.29 is 0 Å². The minimum atomic E-state index is 0.679. The first-order valence-corrected chi connectivity index (χ1v) is 7.46. The van der Waals surface area contributed by atoms with Crippen molar-refractivity contribution in [2.75, 3.05) is 6.54 Å². The van der Waals surface area contributed by atoms with Crippen LogP contribution in [0.15, 0.2) is 41.4 Å². The number of hydrogen-bond acceptors (Lipinski definition) is 3. The van der Waals surface area contributed by atoms with Gasteiger partial charge < -0.3 is 10.3 Å². The van der Waals surface area contributed by atoms with E-state index in [4.69, 9.17) is 5.73 Å². The first-order valence-electron chi connectivity index (χ1n) is 6.52. The third-order valence-electron chi connectivity index (χ3n) is 3.35. The van der Waals surface area contributed by atoms with E-state index < -0.39 is 0 Å². The second-order valence-corrected chi connectivity index (χ2v) is 5.42. The number of hydrogen-bond donors (Lipinski definition) is 1. The molecule has 0 amide bonds. The maximum Gasteiger partial charge on any atom is 0.140 e. The van der Waals surface area contributed by atoms with Crippen molar-refractivity contribution in [3.05, 3.63) is 52.5 Å². The number of thiophene rings is 1. The Morgan fingerprint density at radius 2 is 2.21 bits per heavy atom. The second kappa shape index (κ2) is 5.55. The summed E-state index contributed by atoms with van der Waals surface area (Å²) in [6, 6.07) is 6.31. The highest BCUT2D eigenvalue weighted by Crippen LogP contribution is 2.20. The monoisotopic (exact) mass is 271 g/mol. The Labute approximate surface area is 116 Å². The molecule has 0 aromatic carbocycles. The zero-order valence-electron chi connectivity index (χ0n) is 10.7. The summed E-state index contributed by atoms with van der Waals surface area (Å²) < 4.78 is 2.25. The lowest BCUT2D eigenvalue weighted by atomic mass is 10.2. The normalized spacial score (nSPS) is 11.2. The van der Waals surface area contributed by atoms with Crippen LogP contribution in [0.1, 0.15) is 11.1 Å². The number of nitrogens with two attached hydrogens (primary N) is 1. The molecule has 3 heterocycles. The zero-order valence-corrected chi connectivity index (χ0v) is 11.6. The molecule has 3 rings (SSSR count). The van der Waals surface area contributed by atoms with Crippen molar-refractivity contribution in [1.29, 1.82) is 0 Å². The Hall–Kier alpha value is -1.65. The Kier molecular flexibility index (Phi) is 3.62. The molecular formula is C15H17N3S. The van der Waals surface area contributed by atoms with Crippen molar-refractivity contribution in [3.8, 4) is 0 Å². The maximum atomic E-state index is 5.68. The SMILES string of the molecule is NCCc1cn(CCc2ccsc2)c2ncccc12. The van der Waals surface area contributed by atoms with Gasteiger partial charge in [-0.25, -0.2) is 4.98 Å². The van der Waals surface area contributed by atoms with Gasteiger partial charge in [0.05, 0.1) is 0 Å². The Morgan fingerprint density at radius 3 is 3.00 bits per heavy atom. The van der Waals surface area contributed by atoms with Gasteiger partial charge in [-0.05, 0) is 59.5 Å². The summed E-state index contributed by atoms with van der Waals surface area (Å²) in [7, 11) is 0. The van der Waals surface area contributed by atoms with Gasteiger partial charge in [0.2, 0.25) is 0 Å². The summed E-state index contributed by atoms with van der Waals surface area (Å²) in [6.07, 6.45) is 6.02. The summed E-state index contributed by atoms with van der Waals surface area (Å²) in [5.41, 5.74) is 9.45. The van der Waals surface area contributed by atoms with E-state index in [-0.39, 0.29) is 0 Å². The molecule has 0 bridgehead atoms. The van der Waals surface area contributed by atoms with Crippen LogP contribution < -0.4 is 5.73 Å². The van der Waals surface area contributed by atoms with Crippen LogP contribution in [-0.4, -0.2) is 16.1 Å². The predicted octanol–water partition coefficient (Wildman–Crippen LogP) is 2.84. The van der Waals surface area contributed by atoms with Crippen LogP contribution >= 0.6 is 11.3 Å². The van der Waals surface area contributed by atoms with E-state index in [1.807, 2.05) is 12.3 Å². The molecule has 3 nitrogen and oxygen atoms in total. The molecular weight excluding hydrogens is 254 g/mol. The average Bonchev–Trinajstić information content (AvgIpc) is 3.06. The lowest BCUT2D eigenvalue weighted by Crippen LogP contribution is -2.02. The average molecular weight is 271 g/mol. The summed E-state index contributed by atoms with van der Waals surface area (Å²) in [5.74, 6) is 0. The Morgan fingerprint density at radius 1 is 1.26 bits per heavy atom. The topological polar surface area (TPSA) is 43.8 Å². The minimum Gasteiger partial charge on any atom is -0.332 e. The van der Waals surface area contributed by atoms with Crippen LogP contribution in [0, 0.1) is 0 Å². The van der Waals surface area contributed by atoms with Crippen LogP contribution in [0.5, 0.6) is 0 Å². The lowest BCUT2D eigenvalue weighted by molar-refractivity contribution is 0.714. The fourth-order valence-electron chi connectivity index (χ4n) is 2.40. The van der Waals surface area contributed by atoms with Gasteiger partial charge in [0.1, 0.15) is 5.65 Å². The largest absolute Gasteiger partial charge is 0.332 e. The van der Waals surface area contributed by atoms with Crippen molar-refractivity contribution >= 4 is 22.4 Å². The van der Waals surface area contributed by atoms with Gasteiger partial charge >= 0.3 is 0 Å². The predicted molar refractivity (Wildman–Crippen MR) is 80.5 cm³/mol. The van der Waals surface area contributed by atoms with Gasteiger partial charge in [-0.1, -0.05) is 0 Å². The number of rotatable bonds is 5. The third-order valence-corrected chi connectivity index (χ3v) is 4.08. The highest BCUT2D eigenvalue weighted by atomic mass is 32.1. The van der Waals surface area contributed by atoms with Crippen LogP contribution in [0.3, 0.4) is 0 Å². The van der Waals surface area contributed by atoms with Gasteiger partial charge in [-0.3, -0.25) is 0 Å². The molecule has 19 heavy (non-hydrogen) atoms. The zero-order chi connectivity index (χ0) is 13.1. The molecule has 3 aromatic heterocycles. The van der Waals surface area contributed by atoms with Crippen LogP contribution in [0.4, 0.5) is 0 Å². The van der Waals surface area contributed by atoms with Crippen molar-refractivity contribution in [2.24, 2.45) is 5.73 Å². The third kappa shape index (κ3) is 2.55.